The van der Waals surface area contributed by atoms with Crippen LogP contribution in [0.15, 0.2) is 24.3 Å². The summed E-state index contributed by atoms with van der Waals surface area (Å²) in [7, 11) is 0. The van der Waals surface area contributed by atoms with Crippen LogP contribution in [0.4, 0.5) is 4.39 Å². The van der Waals surface area contributed by atoms with E-state index in [0.717, 1.165) is 37.9 Å². The molecule has 2 rings (SSSR count). The van der Waals surface area contributed by atoms with Gasteiger partial charge in [-0.25, -0.2) is 4.39 Å². The van der Waals surface area contributed by atoms with E-state index in [1.165, 1.54) is 12.1 Å². The van der Waals surface area contributed by atoms with Crippen LogP contribution in [0, 0.1) is 17.2 Å². The van der Waals surface area contributed by atoms with Crippen molar-refractivity contribution in [1.82, 2.24) is 10.6 Å². The maximum Gasteiger partial charge on any atom is 0.220 e. The van der Waals surface area contributed by atoms with E-state index in [2.05, 4.69) is 31.4 Å². The third-order valence-electron chi connectivity index (χ3n) is 4.61. The minimum atomic E-state index is -0.251. The number of nitrogens with one attached hydrogen (secondary N) is 2. The van der Waals surface area contributed by atoms with Crippen LogP contribution in [-0.4, -0.2) is 19.0 Å². The van der Waals surface area contributed by atoms with E-state index < -0.39 is 0 Å². The molecule has 1 atom stereocenters. The Morgan fingerprint density at radius 1 is 1.26 bits per heavy atom. The maximum absolute atomic E-state index is 13.1. The highest BCUT2D eigenvalue weighted by molar-refractivity contribution is 5.76. The summed E-state index contributed by atoms with van der Waals surface area (Å²) in [6, 6.07) is 6.32. The molecule has 0 saturated carbocycles. The van der Waals surface area contributed by atoms with E-state index in [4.69, 9.17) is 0 Å². The van der Waals surface area contributed by atoms with Crippen molar-refractivity contribution in [2.45, 2.75) is 52.5 Å². The molecule has 1 aliphatic heterocycles. The summed E-state index contributed by atoms with van der Waals surface area (Å²) in [6.07, 6.45) is 3.84. The number of carbonyl (C=O) groups is 1. The molecule has 0 aliphatic carbocycles. The molecule has 2 N–H and O–H groups in total. The fourth-order valence-electron chi connectivity index (χ4n) is 3.19. The average Bonchev–Trinajstić information content (AvgIpc) is 2.52. The zero-order chi connectivity index (χ0) is 16.9. The Labute approximate surface area is 139 Å². The van der Waals surface area contributed by atoms with Crippen molar-refractivity contribution >= 4 is 5.91 Å². The van der Waals surface area contributed by atoms with Gasteiger partial charge in [-0.05, 0) is 61.4 Å². The number of amides is 1. The molecule has 23 heavy (non-hydrogen) atoms. The van der Waals surface area contributed by atoms with Crippen molar-refractivity contribution in [2.75, 3.05) is 13.1 Å². The summed E-state index contributed by atoms with van der Waals surface area (Å²) in [6.45, 7) is 8.40. The molecule has 1 heterocycles. The lowest BCUT2D eigenvalue weighted by molar-refractivity contribution is -0.123. The number of halogens is 1. The molecule has 1 aromatic rings. The molecule has 0 spiro atoms. The third-order valence-corrected chi connectivity index (χ3v) is 4.61. The lowest BCUT2D eigenvalue weighted by Crippen LogP contribution is -2.37. The second-order valence-electron chi connectivity index (χ2n) is 7.65. The van der Waals surface area contributed by atoms with Gasteiger partial charge in [0.15, 0.2) is 0 Å². The Morgan fingerprint density at radius 3 is 2.43 bits per heavy atom. The van der Waals surface area contributed by atoms with Crippen molar-refractivity contribution < 1.29 is 9.18 Å². The van der Waals surface area contributed by atoms with Gasteiger partial charge in [0, 0.05) is 6.42 Å². The Hall–Kier alpha value is -1.42. The zero-order valence-corrected chi connectivity index (χ0v) is 14.5. The molecule has 1 saturated heterocycles. The van der Waals surface area contributed by atoms with Crippen molar-refractivity contribution in [3.8, 4) is 0 Å². The van der Waals surface area contributed by atoms with Crippen LogP contribution < -0.4 is 10.6 Å². The molecular weight excluding hydrogens is 291 g/mol. The van der Waals surface area contributed by atoms with Gasteiger partial charge >= 0.3 is 0 Å². The molecular formula is C19H29FN2O. The fourth-order valence-corrected chi connectivity index (χ4v) is 3.19. The van der Waals surface area contributed by atoms with E-state index >= 15 is 0 Å². The van der Waals surface area contributed by atoms with Gasteiger partial charge in [-0.15, -0.1) is 0 Å². The number of rotatable bonds is 5. The summed E-state index contributed by atoms with van der Waals surface area (Å²) >= 11 is 0. The number of hydrogen-bond donors (Lipinski definition) is 2. The molecule has 0 radical (unpaired) electrons. The standard InChI is InChI=1S/C19H29FN2O/c1-19(2,3)18(15-5-7-16(20)8-6-15)22-17(23)9-4-14-10-12-21-13-11-14/h5-8,14,18,21H,4,9-13H2,1-3H3,(H,22,23). The van der Waals surface area contributed by atoms with Crippen LogP contribution in [-0.2, 0) is 4.79 Å². The number of piperidine rings is 1. The quantitative estimate of drug-likeness (QED) is 0.866. The fraction of sp³-hybridized carbons (Fsp3) is 0.632. The van der Waals surface area contributed by atoms with Crippen molar-refractivity contribution in [3.05, 3.63) is 35.6 Å². The van der Waals surface area contributed by atoms with Gasteiger partial charge in [-0.3, -0.25) is 4.79 Å². The van der Waals surface area contributed by atoms with Gasteiger partial charge in [0.1, 0.15) is 5.82 Å². The van der Waals surface area contributed by atoms with Crippen LogP contribution in [0.25, 0.3) is 0 Å². The Kier molecular flexibility index (Phi) is 6.17. The van der Waals surface area contributed by atoms with Crippen molar-refractivity contribution in [2.24, 2.45) is 11.3 Å². The van der Waals surface area contributed by atoms with E-state index in [9.17, 15) is 9.18 Å². The third kappa shape index (κ3) is 5.61. The predicted octanol–water partition coefficient (Wildman–Crippen LogP) is 3.81. The topological polar surface area (TPSA) is 41.1 Å². The highest BCUT2D eigenvalue weighted by atomic mass is 19.1. The smallest absolute Gasteiger partial charge is 0.220 e. The molecule has 1 aliphatic rings. The minimum Gasteiger partial charge on any atom is -0.349 e. The molecule has 1 fully saturated rings. The van der Waals surface area contributed by atoms with Gasteiger partial charge in [0.25, 0.3) is 0 Å². The Morgan fingerprint density at radius 2 is 1.87 bits per heavy atom. The highest BCUT2D eigenvalue weighted by Crippen LogP contribution is 2.33. The van der Waals surface area contributed by atoms with Crippen LogP contribution in [0.2, 0.25) is 0 Å². The molecule has 1 unspecified atom stereocenters. The lowest BCUT2D eigenvalue weighted by Gasteiger charge is -2.32. The molecule has 4 heteroatoms. The molecule has 0 bridgehead atoms. The van der Waals surface area contributed by atoms with Crippen molar-refractivity contribution in [1.29, 1.82) is 0 Å². The summed E-state index contributed by atoms with van der Waals surface area (Å²) in [5.41, 5.74) is 0.830. The average molecular weight is 320 g/mol. The van der Waals surface area contributed by atoms with E-state index in [1.807, 2.05) is 0 Å². The molecule has 0 aromatic heterocycles. The number of hydrogen-bond acceptors (Lipinski definition) is 2. The molecule has 3 nitrogen and oxygen atoms in total. The first-order chi connectivity index (χ1) is 10.9. The molecule has 1 aromatic carbocycles. The SMILES string of the molecule is CC(C)(C)C(NC(=O)CCC1CCNCC1)c1ccc(F)cc1. The first-order valence-corrected chi connectivity index (χ1v) is 8.62. The van der Waals surface area contributed by atoms with Crippen LogP contribution in [0.1, 0.15) is 58.1 Å². The number of carbonyl (C=O) groups excluding carboxylic acids is 1. The second-order valence-corrected chi connectivity index (χ2v) is 7.65. The van der Waals surface area contributed by atoms with Gasteiger partial charge in [-0.2, -0.15) is 0 Å². The molecule has 1 amide bonds. The predicted molar refractivity (Wildman–Crippen MR) is 91.6 cm³/mol. The minimum absolute atomic E-state index is 0.0905. The maximum atomic E-state index is 13.1. The van der Waals surface area contributed by atoms with E-state index in [1.54, 1.807) is 12.1 Å². The zero-order valence-electron chi connectivity index (χ0n) is 14.5. The normalized spacial score (nSPS) is 17.7. The summed E-state index contributed by atoms with van der Waals surface area (Å²) in [4.78, 5) is 12.4. The largest absolute Gasteiger partial charge is 0.349 e. The van der Waals surface area contributed by atoms with Crippen molar-refractivity contribution in [3.63, 3.8) is 0 Å². The highest BCUT2D eigenvalue weighted by Gasteiger charge is 2.28. The van der Waals surface area contributed by atoms with E-state index in [0.29, 0.717) is 12.3 Å². The Balaban J connectivity index is 1.94. The van der Waals surface area contributed by atoms with Crippen LogP contribution in [0.3, 0.4) is 0 Å². The second kappa shape index (κ2) is 7.91. The first kappa shape index (κ1) is 17.9. The van der Waals surface area contributed by atoms with Crippen LogP contribution >= 0.6 is 0 Å². The lowest BCUT2D eigenvalue weighted by atomic mass is 9.82. The van der Waals surface area contributed by atoms with Crippen LogP contribution in [0.5, 0.6) is 0 Å². The monoisotopic (exact) mass is 320 g/mol. The number of benzene rings is 1. The first-order valence-electron chi connectivity index (χ1n) is 8.62. The van der Waals surface area contributed by atoms with Gasteiger partial charge in [-0.1, -0.05) is 32.9 Å². The van der Waals surface area contributed by atoms with Gasteiger partial charge in [0.05, 0.1) is 6.04 Å². The Bertz CT molecular complexity index is 501. The van der Waals surface area contributed by atoms with Gasteiger partial charge < -0.3 is 10.6 Å². The summed E-state index contributed by atoms with van der Waals surface area (Å²) < 4.78 is 13.1. The van der Waals surface area contributed by atoms with E-state index in [-0.39, 0.29) is 23.2 Å². The summed E-state index contributed by atoms with van der Waals surface area (Å²) in [5.74, 6) is 0.493. The van der Waals surface area contributed by atoms with Gasteiger partial charge in [0.2, 0.25) is 5.91 Å². The molecule has 128 valence electrons. The summed E-state index contributed by atoms with van der Waals surface area (Å²) in [5, 5.41) is 6.50.